The summed E-state index contributed by atoms with van der Waals surface area (Å²) in [6.07, 6.45) is -1.80. The summed E-state index contributed by atoms with van der Waals surface area (Å²) in [4.78, 5) is 10.6. The molecule has 0 heterocycles. The van der Waals surface area contributed by atoms with E-state index in [1.165, 1.54) is 7.11 Å². The number of methoxy groups -OCH3 is 1. The van der Waals surface area contributed by atoms with Crippen LogP contribution in [0.1, 0.15) is 17.5 Å². The third-order valence-corrected chi connectivity index (χ3v) is 4.70. The van der Waals surface area contributed by atoms with E-state index in [9.17, 15) is 13.2 Å². The van der Waals surface area contributed by atoms with Crippen LogP contribution in [0.5, 0.6) is 5.75 Å². The van der Waals surface area contributed by atoms with Crippen molar-refractivity contribution in [1.29, 1.82) is 0 Å². The highest BCUT2D eigenvalue weighted by atomic mass is 32.2. The second kappa shape index (κ2) is 6.88. The molecule has 0 radical (unpaired) electrons. The molecule has 0 bridgehead atoms. The largest absolute Gasteiger partial charge is 0.497 e. The Bertz CT molecular complexity index is 603. The van der Waals surface area contributed by atoms with Gasteiger partial charge in [-0.15, -0.1) is 0 Å². The lowest BCUT2D eigenvalue weighted by atomic mass is 10.1. The van der Waals surface area contributed by atoms with Crippen molar-refractivity contribution in [3.63, 3.8) is 0 Å². The maximum absolute atomic E-state index is 12.2. The second-order valence-electron chi connectivity index (χ2n) is 4.63. The number of aliphatic hydroxyl groups is 1. The van der Waals surface area contributed by atoms with Gasteiger partial charge in [0.2, 0.25) is 10.0 Å². The third-order valence-electron chi connectivity index (χ3n) is 2.93. The summed E-state index contributed by atoms with van der Waals surface area (Å²) in [6, 6.07) is 3.21. The highest BCUT2D eigenvalue weighted by Crippen LogP contribution is 2.25. The Kier molecular flexibility index (Phi) is 5.70. The van der Waals surface area contributed by atoms with Crippen molar-refractivity contribution in [2.24, 2.45) is 0 Å². The first-order chi connectivity index (χ1) is 9.69. The molecule has 1 rings (SSSR count). The lowest BCUT2D eigenvalue weighted by Crippen LogP contribution is -2.30. The van der Waals surface area contributed by atoms with Crippen molar-refractivity contribution >= 4 is 16.0 Å². The summed E-state index contributed by atoms with van der Waals surface area (Å²) < 4.78 is 31.8. The van der Waals surface area contributed by atoms with Gasteiger partial charge in [0.15, 0.2) is 6.10 Å². The molecule has 0 saturated carbocycles. The number of nitrogens with one attached hydrogen (secondary N) is 1. The zero-order valence-electron chi connectivity index (χ0n) is 12.1. The van der Waals surface area contributed by atoms with Gasteiger partial charge in [0.05, 0.1) is 12.0 Å². The van der Waals surface area contributed by atoms with E-state index in [-0.39, 0.29) is 17.9 Å². The number of hydrogen-bond donors (Lipinski definition) is 3. The molecule has 1 atom stereocenters. The molecular formula is C13H19NO6S. The highest BCUT2D eigenvalue weighted by molar-refractivity contribution is 7.89. The number of carbonyl (C=O) groups is 1. The highest BCUT2D eigenvalue weighted by Gasteiger charge is 2.21. The van der Waals surface area contributed by atoms with E-state index in [1.54, 1.807) is 26.0 Å². The molecule has 21 heavy (non-hydrogen) atoms. The van der Waals surface area contributed by atoms with E-state index in [4.69, 9.17) is 14.9 Å². The Morgan fingerprint density at radius 2 is 1.86 bits per heavy atom. The van der Waals surface area contributed by atoms with Crippen LogP contribution in [0.15, 0.2) is 17.0 Å². The van der Waals surface area contributed by atoms with E-state index in [0.717, 1.165) is 0 Å². The first-order valence-corrected chi connectivity index (χ1v) is 7.73. The molecule has 0 aliphatic heterocycles. The lowest BCUT2D eigenvalue weighted by molar-refractivity contribution is -0.146. The van der Waals surface area contributed by atoms with Crippen molar-refractivity contribution in [1.82, 2.24) is 4.72 Å². The van der Waals surface area contributed by atoms with Crippen LogP contribution in [-0.2, 0) is 14.8 Å². The van der Waals surface area contributed by atoms with Crippen molar-refractivity contribution in [3.8, 4) is 5.75 Å². The molecule has 3 N–H and O–H groups in total. The molecule has 0 spiro atoms. The molecule has 1 aromatic carbocycles. The minimum Gasteiger partial charge on any atom is -0.497 e. The zero-order chi connectivity index (χ0) is 16.2. The van der Waals surface area contributed by atoms with Crippen molar-refractivity contribution in [2.45, 2.75) is 31.3 Å². The van der Waals surface area contributed by atoms with Crippen LogP contribution in [0.2, 0.25) is 0 Å². The van der Waals surface area contributed by atoms with Gasteiger partial charge in [0, 0.05) is 6.54 Å². The van der Waals surface area contributed by atoms with Gasteiger partial charge in [-0.1, -0.05) is 0 Å². The maximum Gasteiger partial charge on any atom is 0.332 e. The SMILES string of the molecule is COc1cc(C)c(S(=O)(=O)NCCC(O)C(=O)O)c(C)c1. The minimum absolute atomic E-state index is 0.133. The van der Waals surface area contributed by atoms with Gasteiger partial charge in [0.25, 0.3) is 0 Å². The number of aliphatic carboxylic acids is 1. The van der Waals surface area contributed by atoms with Gasteiger partial charge in [0.1, 0.15) is 5.75 Å². The molecule has 1 unspecified atom stereocenters. The summed E-state index contributed by atoms with van der Waals surface area (Å²) in [5, 5.41) is 17.7. The molecule has 0 fully saturated rings. The topological polar surface area (TPSA) is 113 Å². The normalized spacial score (nSPS) is 13.0. The number of sulfonamides is 1. The third kappa shape index (κ3) is 4.42. The first-order valence-electron chi connectivity index (χ1n) is 6.25. The Hall–Kier alpha value is -1.64. The second-order valence-corrected chi connectivity index (χ2v) is 6.33. The number of hydrogen-bond acceptors (Lipinski definition) is 5. The van der Waals surface area contributed by atoms with Crippen LogP contribution in [0.25, 0.3) is 0 Å². The average molecular weight is 317 g/mol. The van der Waals surface area contributed by atoms with Crippen molar-refractivity contribution in [3.05, 3.63) is 23.3 Å². The molecule has 8 heteroatoms. The van der Waals surface area contributed by atoms with Crippen LogP contribution >= 0.6 is 0 Å². The standard InChI is InChI=1S/C13H19NO6S/c1-8-6-10(20-3)7-9(2)12(8)21(18,19)14-5-4-11(15)13(16)17/h6-7,11,14-15H,4-5H2,1-3H3,(H,16,17). The van der Waals surface area contributed by atoms with Crippen LogP contribution in [0.4, 0.5) is 0 Å². The molecular weight excluding hydrogens is 298 g/mol. The average Bonchev–Trinajstić information content (AvgIpc) is 2.36. The quantitative estimate of drug-likeness (QED) is 0.672. The first kappa shape index (κ1) is 17.4. The minimum atomic E-state index is -3.78. The van der Waals surface area contributed by atoms with Gasteiger partial charge < -0.3 is 14.9 Å². The Labute approximate surface area is 123 Å². The van der Waals surface area contributed by atoms with E-state index in [0.29, 0.717) is 16.9 Å². The molecule has 0 aromatic heterocycles. The number of aryl methyl sites for hydroxylation is 2. The predicted molar refractivity (Wildman–Crippen MR) is 75.9 cm³/mol. The summed E-state index contributed by atoms with van der Waals surface area (Å²) in [7, 11) is -2.28. The molecule has 0 saturated heterocycles. The zero-order valence-corrected chi connectivity index (χ0v) is 12.9. The smallest absolute Gasteiger partial charge is 0.332 e. The summed E-state index contributed by atoms with van der Waals surface area (Å²) in [6.45, 7) is 3.13. The van der Waals surface area contributed by atoms with Gasteiger partial charge in [-0.2, -0.15) is 0 Å². The van der Waals surface area contributed by atoms with Gasteiger partial charge >= 0.3 is 5.97 Å². The van der Waals surface area contributed by atoms with E-state index in [1.807, 2.05) is 0 Å². The van der Waals surface area contributed by atoms with Crippen LogP contribution in [0.3, 0.4) is 0 Å². The van der Waals surface area contributed by atoms with E-state index < -0.39 is 22.1 Å². The number of aliphatic hydroxyl groups excluding tert-OH is 1. The number of carboxylic acids is 1. The van der Waals surface area contributed by atoms with Crippen LogP contribution in [0, 0.1) is 13.8 Å². The summed E-state index contributed by atoms with van der Waals surface area (Å²) in [5.74, 6) is -0.823. The summed E-state index contributed by atoms with van der Waals surface area (Å²) in [5.41, 5.74) is 1.05. The van der Waals surface area contributed by atoms with Crippen molar-refractivity contribution < 1.29 is 28.2 Å². The molecule has 1 aromatic rings. The maximum atomic E-state index is 12.2. The Morgan fingerprint density at radius 3 is 2.29 bits per heavy atom. The number of ether oxygens (including phenoxy) is 1. The fourth-order valence-corrected chi connectivity index (χ4v) is 3.47. The van der Waals surface area contributed by atoms with E-state index >= 15 is 0 Å². The van der Waals surface area contributed by atoms with Crippen LogP contribution < -0.4 is 9.46 Å². The molecule has 7 nitrogen and oxygen atoms in total. The predicted octanol–water partition coefficient (Wildman–Crippen LogP) is 0.426. The number of carboxylic acid groups (broad SMARTS) is 1. The number of benzene rings is 1. The number of rotatable bonds is 7. The van der Waals surface area contributed by atoms with E-state index in [2.05, 4.69) is 4.72 Å². The summed E-state index contributed by atoms with van der Waals surface area (Å²) >= 11 is 0. The molecule has 118 valence electrons. The van der Waals surface area contributed by atoms with Gasteiger partial charge in [-0.3, -0.25) is 0 Å². The Morgan fingerprint density at radius 1 is 1.33 bits per heavy atom. The molecule has 0 aliphatic carbocycles. The van der Waals surface area contributed by atoms with Gasteiger partial charge in [-0.25, -0.2) is 17.9 Å². The fourth-order valence-electron chi connectivity index (χ4n) is 1.98. The van der Waals surface area contributed by atoms with Crippen molar-refractivity contribution in [2.75, 3.05) is 13.7 Å². The molecule has 0 amide bonds. The fraction of sp³-hybridized carbons (Fsp3) is 0.462. The monoisotopic (exact) mass is 317 g/mol. The lowest BCUT2D eigenvalue weighted by Gasteiger charge is -2.14. The van der Waals surface area contributed by atoms with Gasteiger partial charge in [-0.05, 0) is 43.5 Å². The van der Waals surface area contributed by atoms with Crippen LogP contribution in [-0.4, -0.2) is 44.4 Å². The Balaban J connectivity index is 2.91. The molecule has 0 aliphatic rings.